The fourth-order valence-corrected chi connectivity index (χ4v) is 3.19. The minimum atomic E-state index is -0.317. The molecule has 0 saturated carbocycles. The van der Waals surface area contributed by atoms with E-state index in [9.17, 15) is 9.59 Å². The number of carbonyl (C=O) groups is 1. The molecule has 0 radical (unpaired) electrons. The van der Waals surface area contributed by atoms with Crippen molar-refractivity contribution in [3.63, 3.8) is 0 Å². The molecule has 1 fully saturated rings. The number of para-hydroxylation sites is 1. The fourth-order valence-electron chi connectivity index (χ4n) is 3.19. The molecule has 1 amide bonds. The van der Waals surface area contributed by atoms with Gasteiger partial charge in [0.1, 0.15) is 5.56 Å². The molecule has 5 nitrogen and oxygen atoms in total. The summed E-state index contributed by atoms with van der Waals surface area (Å²) < 4.78 is 0. The van der Waals surface area contributed by atoms with Crippen molar-refractivity contribution < 1.29 is 4.79 Å². The third kappa shape index (κ3) is 2.99. The quantitative estimate of drug-likeness (QED) is 0.881. The number of rotatable bonds is 2. The Kier molecular flexibility index (Phi) is 4.82. The molecule has 0 aliphatic carbocycles. The van der Waals surface area contributed by atoms with Crippen LogP contribution in [0, 0.1) is 12.3 Å². The van der Waals surface area contributed by atoms with Crippen LogP contribution in [0.5, 0.6) is 0 Å². The molecule has 6 heteroatoms. The Balaban J connectivity index is 0.00000192. The van der Waals surface area contributed by atoms with Crippen LogP contribution in [0.2, 0.25) is 0 Å². The number of carbonyl (C=O) groups excluding carboxylic acids is 1. The number of fused-ring (bicyclic) bond motifs is 1. The first-order valence-electron chi connectivity index (χ1n) is 7.56. The maximum absolute atomic E-state index is 12.8. The van der Waals surface area contributed by atoms with E-state index in [4.69, 9.17) is 5.73 Å². The van der Waals surface area contributed by atoms with Gasteiger partial charge in [-0.25, -0.2) is 0 Å². The minimum Gasteiger partial charge on any atom is -0.338 e. The van der Waals surface area contributed by atoms with Gasteiger partial charge in [-0.1, -0.05) is 25.1 Å². The number of aromatic amines is 1. The molecule has 3 N–H and O–H groups in total. The topological polar surface area (TPSA) is 79.2 Å². The zero-order valence-electron chi connectivity index (χ0n) is 13.4. The maximum Gasteiger partial charge on any atom is 0.261 e. The van der Waals surface area contributed by atoms with Crippen LogP contribution in [0.1, 0.15) is 29.3 Å². The smallest absolute Gasteiger partial charge is 0.261 e. The van der Waals surface area contributed by atoms with Crippen LogP contribution in [-0.2, 0) is 0 Å². The van der Waals surface area contributed by atoms with Gasteiger partial charge in [0.2, 0.25) is 0 Å². The van der Waals surface area contributed by atoms with Crippen molar-refractivity contribution >= 4 is 29.2 Å². The van der Waals surface area contributed by atoms with Crippen molar-refractivity contribution in [2.45, 2.75) is 20.3 Å². The molecule has 2 heterocycles. The summed E-state index contributed by atoms with van der Waals surface area (Å²) in [5, 5.41) is 0.909. The highest BCUT2D eigenvalue weighted by Gasteiger charge is 2.36. The highest BCUT2D eigenvalue weighted by molar-refractivity contribution is 6.00. The Labute approximate surface area is 141 Å². The van der Waals surface area contributed by atoms with Crippen molar-refractivity contribution in [1.29, 1.82) is 0 Å². The van der Waals surface area contributed by atoms with Crippen LogP contribution in [-0.4, -0.2) is 35.4 Å². The number of aryl methyl sites for hydroxylation is 1. The van der Waals surface area contributed by atoms with Crippen LogP contribution in [0.15, 0.2) is 29.1 Å². The molecular formula is C17H22ClN3O2. The second-order valence-corrected chi connectivity index (χ2v) is 6.49. The highest BCUT2D eigenvalue weighted by Crippen LogP contribution is 2.30. The lowest BCUT2D eigenvalue weighted by Gasteiger charge is -2.23. The molecule has 0 bridgehead atoms. The lowest BCUT2D eigenvalue weighted by Crippen LogP contribution is -2.37. The van der Waals surface area contributed by atoms with E-state index in [1.165, 1.54) is 0 Å². The number of nitrogens with two attached hydrogens (primary N) is 1. The number of aromatic nitrogens is 1. The Bertz CT molecular complexity index is 802. The van der Waals surface area contributed by atoms with Crippen LogP contribution >= 0.6 is 12.4 Å². The standard InChI is InChI=1S/C17H21N3O2.ClH/c1-11-12-5-3-4-6-13(12)19-15(21)14(11)16(22)20-8-7-17(2,9-18)10-20;/h3-6H,7-10,18H2,1-2H3,(H,19,21);1H. The zero-order valence-corrected chi connectivity index (χ0v) is 14.2. The number of pyridine rings is 1. The maximum atomic E-state index is 12.8. The van der Waals surface area contributed by atoms with E-state index in [2.05, 4.69) is 11.9 Å². The monoisotopic (exact) mass is 335 g/mol. The van der Waals surface area contributed by atoms with Crippen molar-refractivity contribution in [3.8, 4) is 0 Å². The molecule has 1 saturated heterocycles. The second kappa shape index (κ2) is 6.34. The van der Waals surface area contributed by atoms with Crippen LogP contribution in [0.3, 0.4) is 0 Å². The van der Waals surface area contributed by atoms with Gasteiger partial charge in [0.05, 0.1) is 0 Å². The second-order valence-electron chi connectivity index (χ2n) is 6.49. The number of hydrogen-bond donors (Lipinski definition) is 2. The van der Waals surface area contributed by atoms with E-state index in [1.54, 1.807) is 4.90 Å². The first-order valence-corrected chi connectivity index (χ1v) is 7.56. The number of hydrogen-bond acceptors (Lipinski definition) is 3. The molecule has 1 aromatic heterocycles. The van der Waals surface area contributed by atoms with Gasteiger partial charge in [-0.3, -0.25) is 9.59 Å². The molecule has 1 aliphatic heterocycles. The molecule has 1 aromatic carbocycles. The number of halogens is 1. The molecule has 0 spiro atoms. The normalized spacial score (nSPS) is 20.6. The van der Waals surface area contributed by atoms with E-state index in [-0.39, 0.29) is 34.9 Å². The van der Waals surface area contributed by atoms with Crippen LogP contribution < -0.4 is 11.3 Å². The number of H-pyrrole nitrogens is 1. The van der Waals surface area contributed by atoms with Crippen molar-refractivity contribution in [3.05, 3.63) is 45.7 Å². The predicted molar refractivity (Wildman–Crippen MR) is 94.2 cm³/mol. The summed E-state index contributed by atoms with van der Waals surface area (Å²) in [6.07, 6.45) is 0.875. The van der Waals surface area contributed by atoms with E-state index >= 15 is 0 Å². The molecule has 1 atom stereocenters. The van der Waals surface area contributed by atoms with Gasteiger partial charge in [-0.15, -0.1) is 12.4 Å². The molecular weight excluding hydrogens is 314 g/mol. The first-order chi connectivity index (χ1) is 10.4. The van der Waals surface area contributed by atoms with Gasteiger partial charge in [-0.2, -0.15) is 0 Å². The number of nitrogens with zero attached hydrogens (tertiary/aromatic N) is 1. The summed E-state index contributed by atoms with van der Waals surface area (Å²) in [5.74, 6) is -0.193. The summed E-state index contributed by atoms with van der Waals surface area (Å²) in [4.78, 5) is 29.7. The number of nitrogens with one attached hydrogen (secondary N) is 1. The molecule has 1 unspecified atom stereocenters. The van der Waals surface area contributed by atoms with E-state index in [0.717, 1.165) is 22.9 Å². The third-order valence-electron chi connectivity index (χ3n) is 4.73. The van der Waals surface area contributed by atoms with Crippen LogP contribution in [0.4, 0.5) is 0 Å². The lowest BCUT2D eigenvalue weighted by molar-refractivity contribution is 0.0774. The van der Waals surface area contributed by atoms with Gasteiger partial charge in [-0.05, 0) is 36.9 Å². The van der Waals surface area contributed by atoms with Crippen molar-refractivity contribution in [1.82, 2.24) is 9.88 Å². The van der Waals surface area contributed by atoms with Gasteiger partial charge < -0.3 is 15.6 Å². The first kappa shape index (κ1) is 17.5. The van der Waals surface area contributed by atoms with Gasteiger partial charge >= 0.3 is 0 Å². The Morgan fingerprint density at radius 2 is 2.09 bits per heavy atom. The number of benzene rings is 1. The summed E-state index contributed by atoms with van der Waals surface area (Å²) in [6, 6.07) is 7.54. The average Bonchev–Trinajstić information content (AvgIpc) is 2.90. The van der Waals surface area contributed by atoms with E-state index in [0.29, 0.717) is 19.6 Å². The minimum absolute atomic E-state index is 0. The van der Waals surface area contributed by atoms with E-state index in [1.807, 2.05) is 31.2 Å². The van der Waals surface area contributed by atoms with Crippen molar-refractivity contribution in [2.75, 3.05) is 19.6 Å². The van der Waals surface area contributed by atoms with Crippen LogP contribution in [0.25, 0.3) is 10.9 Å². The largest absolute Gasteiger partial charge is 0.338 e. The molecule has 3 rings (SSSR count). The molecule has 124 valence electrons. The zero-order chi connectivity index (χ0) is 15.9. The lowest BCUT2D eigenvalue weighted by atomic mass is 9.90. The Morgan fingerprint density at radius 1 is 1.39 bits per heavy atom. The predicted octanol–water partition coefficient (Wildman–Crippen LogP) is 2.07. The van der Waals surface area contributed by atoms with E-state index < -0.39 is 0 Å². The average molecular weight is 336 g/mol. The van der Waals surface area contributed by atoms with Gasteiger partial charge in [0.15, 0.2) is 0 Å². The van der Waals surface area contributed by atoms with Crippen molar-refractivity contribution in [2.24, 2.45) is 11.1 Å². The molecule has 23 heavy (non-hydrogen) atoms. The number of likely N-dealkylation sites (tertiary alicyclic amines) is 1. The van der Waals surface area contributed by atoms with Gasteiger partial charge in [0.25, 0.3) is 11.5 Å². The summed E-state index contributed by atoms with van der Waals surface area (Å²) in [6.45, 7) is 5.72. The molecule has 2 aromatic rings. The summed E-state index contributed by atoms with van der Waals surface area (Å²) >= 11 is 0. The Hall–Kier alpha value is -1.85. The molecule has 1 aliphatic rings. The Morgan fingerprint density at radius 3 is 2.74 bits per heavy atom. The third-order valence-corrected chi connectivity index (χ3v) is 4.73. The SMILES string of the molecule is Cc1c(C(=O)N2CCC(C)(CN)C2)c(=O)[nH]c2ccccc12.Cl. The number of amides is 1. The summed E-state index contributed by atoms with van der Waals surface area (Å²) in [7, 11) is 0. The summed E-state index contributed by atoms with van der Waals surface area (Å²) in [5.41, 5.74) is 7.18. The highest BCUT2D eigenvalue weighted by atomic mass is 35.5. The fraction of sp³-hybridized carbons (Fsp3) is 0.412. The van der Waals surface area contributed by atoms with Gasteiger partial charge in [0, 0.05) is 24.0 Å².